The van der Waals surface area contributed by atoms with E-state index in [1.54, 1.807) is 18.2 Å². The average Bonchev–Trinajstić information content (AvgIpc) is 2.46. The van der Waals surface area contributed by atoms with E-state index in [4.69, 9.17) is 15.2 Å². The number of hydrogen-bond donors (Lipinski definition) is 1. The summed E-state index contributed by atoms with van der Waals surface area (Å²) in [4.78, 5) is 14.2. The van der Waals surface area contributed by atoms with Crippen LogP contribution in [0.4, 0.5) is 0 Å². The number of nitrogens with two attached hydrogens (primary N) is 1. The van der Waals surface area contributed by atoms with Gasteiger partial charge in [0.15, 0.2) is 11.5 Å². The average molecular weight is 262 g/mol. The van der Waals surface area contributed by atoms with Gasteiger partial charge in [-0.15, -0.1) is 0 Å². The summed E-state index contributed by atoms with van der Waals surface area (Å²) in [5.41, 5.74) is 6.55. The molecule has 0 radical (unpaired) electrons. The fraction of sp³-hybridized carbons (Fsp3) is 0.500. The van der Waals surface area contributed by atoms with E-state index in [0.29, 0.717) is 36.8 Å². The number of benzene rings is 1. The second kappa shape index (κ2) is 5.09. The Labute approximate surface area is 112 Å². The van der Waals surface area contributed by atoms with Gasteiger partial charge in [0.1, 0.15) is 13.2 Å². The van der Waals surface area contributed by atoms with Crippen LogP contribution in [0.2, 0.25) is 0 Å². The Bertz CT molecular complexity index is 490. The van der Waals surface area contributed by atoms with Gasteiger partial charge in [0.05, 0.1) is 0 Å². The number of ether oxygens (including phenoxy) is 2. The maximum Gasteiger partial charge on any atom is 0.254 e. The molecule has 2 heterocycles. The minimum Gasteiger partial charge on any atom is -0.486 e. The van der Waals surface area contributed by atoms with Gasteiger partial charge >= 0.3 is 0 Å². The molecule has 2 aliphatic rings. The molecule has 1 aromatic rings. The van der Waals surface area contributed by atoms with Gasteiger partial charge in [0.25, 0.3) is 5.91 Å². The number of carbonyl (C=O) groups is 1. The molecule has 1 fully saturated rings. The molecule has 1 amide bonds. The number of hydrogen-bond acceptors (Lipinski definition) is 4. The minimum atomic E-state index is 0.0205. The Morgan fingerprint density at radius 2 is 2.05 bits per heavy atom. The second-order valence-corrected chi connectivity index (χ2v) is 5.01. The fourth-order valence-corrected chi connectivity index (χ4v) is 2.55. The number of amides is 1. The Morgan fingerprint density at radius 3 is 2.84 bits per heavy atom. The normalized spacial score (nSPS) is 22.2. The van der Waals surface area contributed by atoms with Crippen molar-refractivity contribution >= 4 is 5.91 Å². The molecule has 0 unspecified atom stereocenters. The van der Waals surface area contributed by atoms with Crippen LogP contribution in [-0.4, -0.2) is 43.2 Å². The van der Waals surface area contributed by atoms with Crippen LogP contribution in [0, 0.1) is 0 Å². The molecule has 5 heteroatoms. The summed E-state index contributed by atoms with van der Waals surface area (Å²) in [5.74, 6) is 1.38. The van der Waals surface area contributed by atoms with Crippen molar-refractivity contribution in [3.8, 4) is 11.5 Å². The summed E-state index contributed by atoms with van der Waals surface area (Å²) in [6.45, 7) is 2.49. The van der Waals surface area contributed by atoms with E-state index in [2.05, 4.69) is 0 Å². The maximum absolute atomic E-state index is 12.4. The van der Waals surface area contributed by atoms with Gasteiger partial charge in [-0.05, 0) is 31.0 Å². The molecule has 2 N–H and O–H groups in total. The van der Waals surface area contributed by atoms with Crippen LogP contribution in [0.3, 0.4) is 0 Å². The van der Waals surface area contributed by atoms with E-state index in [9.17, 15) is 4.79 Å². The molecule has 1 saturated heterocycles. The zero-order valence-corrected chi connectivity index (χ0v) is 10.8. The highest BCUT2D eigenvalue weighted by atomic mass is 16.6. The lowest BCUT2D eigenvalue weighted by molar-refractivity contribution is 0.0707. The van der Waals surface area contributed by atoms with Gasteiger partial charge in [-0.1, -0.05) is 0 Å². The first-order valence-electron chi connectivity index (χ1n) is 6.68. The molecule has 1 atom stereocenters. The van der Waals surface area contributed by atoms with Crippen LogP contribution in [0.25, 0.3) is 0 Å². The van der Waals surface area contributed by atoms with Crippen molar-refractivity contribution in [3.05, 3.63) is 23.8 Å². The molecule has 0 saturated carbocycles. The van der Waals surface area contributed by atoms with Gasteiger partial charge in [-0.3, -0.25) is 4.79 Å². The molecule has 0 bridgehead atoms. The van der Waals surface area contributed by atoms with E-state index in [0.717, 1.165) is 19.4 Å². The van der Waals surface area contributed by atoms with Crippen molar-refractivity contribution in [2.75, 3.05) is 26.3 Å². The monoisotopic (exact) mass is 262 g/mol. The molecule has 102 valence electrons. The quantitative estimate of drug-likeness (QED) is 0.820. The Kier molecular flexibility index (Phi) is 3.29. The second-order valence-electron chi connectivity index (χ2n) is 5.01. The molecule has 0 aliphatic carbocycles. The van der Waals surface area contributed by atoms with Crippen molar-refractivity contribution < 1.29 is 14.3 Å². The smallest absolute Gasteiger partial charge is 0.254 e. The summed E-state index contributed by atoms with van der Waals surface area (Å²) < 4.78 is 11.0. The third kappa shape index (κ3) is 2.51. The van der Waals surface area contributed by atoms with Gasteiger partial charge in [0, 0.05) is 24.7 Å². The van der Waals surface area contributed by atoms with E-state index in [-0.39, 0.29) is 11.9 Å². The van der Waals surface area contributed by atoms with E-state index < -0.39 is 0 Å². The molecule has 3 rings (SSSR count). The van der Waals surface area contributed by atoms with E-state index in [1.807, 2.05) is 4.90 Å². The Morgan fingerprint density at radius 1 is 1.26 bits per heavy atom. The summed E-state index contributed by atoms with van der Waals surface area (Å²) in [6.07, 6.45) is 1.96. The third-order valence-electron chi connectivity index (χ3n) is 3.53. The predicted molar refractivity (Wildman–Crippen MR) is 70.5 cm³/mol. The zero-order chi connectivity index (χ0) is 13.2. The number of carbonyl (C=O) groups excluding carboxylic acids is 1. The van der Waals surface area contributed by atoms with Crippen LogP contribution >= 0.6 is 0 Å². The van der Waals surface area contributed by atoms with Gasteiger partial charge in [-0.2, -0.15) is 0 Å². The molecule has 0 aromatic heterocycles. The summed E-state index contributed by atoms with van der Waals surface area (Å²) in [6, 6.07) is 5.44. The van der Waals surface area contributed by atoms with Gasteiger partial charge in [-0.25, -0.2) is 0 Å². The Balaban J connectivity index is 1.79. The summed E-state index contributed by atoms with van der Waals surface area (Å²) >= 11 is 0. The predicted octanol–water partition coefficient (Wildman–Crippen LogP) is 1.02. The van der Waals surface area contributed by atoms with Crippen LogP contribution in [0.1, 0.15) is 23.2 Å². The molecule has 1 aromatic carbocycles. The molecule has 19 heavy (non-hydrogen) atoms. The number of fused-ring (bicyclic) bond motifs is 1. The third-order valence-corrected chi connectivity index (χ3v) is 3.53. The highest BCUT2D eigenvalue weighted by Crippen LogP contribution is 2.31. The highest BCUT2D eigenvalue weighted by molar-refractivity contribution is 5.95. The van der Waals surface area contributed by atoms with Crippen molar-refractivity contribution in [2.45, 2.75) is 18.9 Å². The van der Waals surface area contributed by atoms with E-state index >= 15 is 0 Å². The van der Waals surface area contributed by atoms with Crippen molar-refractivity contribution in [2.24, 2.45) is 5.73 Å². The molecule has 2 aliphatic heterocycles. The lowest BCUT2D eigenvalue weighted by atomic mass is 10.1. The van der Waals surface area contributed by atoms with Crippen molar-refractivity contribution in [3.63, 3.8) is 0 Å². The van der Waals surface area contributed by atoms with Crippen LogP contribution < -0.4 is 15.2 Å². The number of likely N-dealkylation sites (tertiary alicyclic amines) is 1. The fourth-order valence-electron chi connectivity index (χ4n) is 2.55. The first-order chi connectivity index (χ1) is 9.24. The zero-order valence-electron chi connectivity index (χ0n) is 10.8. The Hall–Kier alpha value is -1.75. The van der Waals surface area contributed by atoms with Gasteiger partial charge < -0.3 is 20.1 Å². The lowest BCUT2D eigenvalue weighted by Crippen LogP contribution is -2.45. The SMILES string of the molecule is N[C@@H]1CCCN(C(=O)c2ccc3c(c2)OCCO3)C1. The van der Waals surface area contributed by atoms with Crippen LogP contribution in [-0.2, 0) is 0 Å². The number of nitrogens with zero attached hydrogens (tertiary/aromatic N) is 1. The van der Waals surface area contributed by atoms with Gasteiger partial charge in [0.2, 0.25) is 0 Å². The largest absolute Gasteiger partial charge is 0.486 e. The topological polar surface area (TPSA) is 64.8 Å². The van der Waals surface area contributed by atoms with E-state index in [1.165, 1.54) is 0 Å². The molecular weight excluding hydrogens is 244 g/mol. The molecular formula is C14H18N2O3. The van der Waals surface area contributed by atoms with Crippen LogP contribution in [0.15, 0.2) is 18.2 Å². The first-order valence-corrected chi connectivity index (χ1v) is 6.68. The summed E-state index contributed by atoms with van der Waals surface area (Å²) in [7, 11) is 0. The van der Waals surface area contributed by atoms with Crippen molar-refractivity contribution in [1.29, 1.82) is 0 Å². The summed E-state index contributed by atoms with van der Waals surface area (Å²) in [5, 5.41) is 0. The van der Waals surface area contributed by atoms with Crippen LogP contribution in [0.5, 0.6) is 11.5 Å². The maximum atomic E-state index is 12.4. The minimum absolute atomic E-state index is 0.0205. The number of rotatable bonds is 1. The van der Waals surface area contributed by atoms with Crippen molar-refractivity contribution in [1.82, 2.24) is 4.90 Å². The molecule has 5 nitrogen and oxygen atoms in total. The molecule has 0 spiro atoms. The first kappa shape index (κ1) is 12.3. The number of piperidine rings is 1. The lowest BCUT2D eigenvalue weighted by Gasteiger charge is -2.31. The highest BCUT2D eigenvalue weighted by Gasteiger charge is 2.23. The standard InChI is InChI=1S/C14H18N2O3/c15-11-2-1-5-16(9-11)14(17)10-3-4-12-13(8-10)19-7-6-18-12/h3-4,8,11H,1-2,5-7,9,15H2/t11-/m1/s1.